The second-order valence-electron chi connectivity index (χ2n) is 7.11. The number of piperidine rings is 1. The molecule has 1 aromatic heterocycles. The molecule has 3 aliphatic rings. The van der Waals surface area contributed by atoms with Crippen molar-refractivity contribution in [3.05, 3.63) is 17.5 Å². The van der Waals surface area contributed by atoms with Crippen molar-refractivity contribution < 1.29 is 9.32 Å². The fraction of sp³-hybridized carbons (Fsp3) is 0.765. The topological polar surface area (TPSA) is 58.4 Å². The lowest BCUT2D eigenvalue weighted by atomic mass is 10.0. The molecule has 2 saturated carbocycles. The summed E-state index contributed by atoms with van der Waals surface area (Å²) in [5, 5.41) is 7.05. The normalized spacial score (nSPS) is 24.7. The van der Waals surface area contributed by atoms with Gasteiger partial charge in [-0.2, -0.15) is 0 Å². The van der Waals surface area contributed by atoms with Gasteiger partial charge in [0.05, 0.1) is 0 Å². The van der Waals surface area contributed by atoms with E-state index in [1.807, 2.05) is 6.07 Å². The predicted octanol–water partition coefficient (Wildman–Crippen LogP) is 2.69. The fourth-order valence-corrected chi connectivity index (χ4v) is 3.89. The van der Waals surface area contributed by atoms with Crippen LogP contribution in [0.5, 0.6) is 0 Å². The van der Waals surface area contributed by atoms with Crippen LogP contribution in [-0.4, -0.2) is 41.1 Å². The molecule has 2 aliphatic carbocycles. The molecule has 120 valence electrons. The molecule has 22 heavy (non-hydrogen) atoms. The van der Waals surface area contributed by atoms with Gasteiger partial charge in [-0.05, 0) is 38.5 Å². The smallest absolute Gasteiger partial charge is 0.273 e. The van der Waals surface area contributed by atoms with Crippen molar-refractivity contribution in [2.24, 2.45) is 0 Å². The Hall–Kier alpha value is -1.36. The first-order chi connectivity index (χ1) is 10.8. The molecular weight excluding hydrogens is 278 g/mol. The Kier molecular flexibility index (Phi) is 3.90. The summed E-state index contributed by atoms with van der Waals surface area (Å²) in [7, 11) is 0. The Morgan fingerprint density at radius 3 is 2.55 bits per heavy atom. The quantitative estimate of drug-likeness (QED) is 0.929. The van der Waals surface area contributed by atoms with Crippen molar-refractivity contribution in [2.75, 3.05) is 13.1 Å². The monoisotopic (exact) mass is 303 g/mol. The van der Waals surface area contributed by atoms with Crippen LogP contribution in [0.3, 0.4) is 0 Å². The van der Waals surface area contributed by atoms with Crippen LogP contribution < -0.4 is 5.32 Å². The number of hydrogen-bond donors (Lipinski definition) is 1. The molecule has 1 saturated heterocycles. The van der Waals surface area contributed by atoms with E-state index in [9.17, 15) is 4.79 Å². The number of hydrogen-bond acceptors (Lipinski definition) is 4. The van der Waals surface area contributed by atoms with E-state index in [0.29, 0.717) is 11.6 Å². The minimum atomic E-state index is -0.0741. The molecule has 0 unspecified atom stereocenters. The summed E-state index contributed by atoms with van der Waals surface area (Å²) in [6.45, 7) is 2.23. The summed E-state index contributed by atoms with van der Waals surface area (Å²) < 4.78 is 5.26. The van der Waals surface area contributed by atoms with E-state index in [1.165, 1.54) is 25.7 Å². The molecule has 0 spiro atoms. The van der Waals surface area contributed by atoms with Gasteiger partial charge in [0.1, 0.15) is 5.76 Å². The van der Waals surface area contributed by atoms with Crippen molar-refractivity contribution in [3.8, 4) is 0 Å². The number of aromatic nitrogens is 1. The summed E-state index contributed by atoms with van der Waals surface area (Å²) in [5.74, 6) is 1.31. The van der Waals surface area contributed by atoms with Gasteiger partial charge >= 0.3 is 0 Å². The Morgan fingerprint density at radius 1 is 1.14 bits per heavy atom. The standard InChI is InChI=1S/C17H25N3O2/c21-17(15-11-16(22-19-15)12-5-6-12)18-13-7-9-20(10-8-13)14-3-1-2-4-14/h11-14H,1-10H2,(H,18,21). The summed E-state index contributed by atoms with van der Waals surface area (Å²) in [6.07, 6.45) is 9.92. The van der Waals surface area contributed by atoms with Gasteiger partial charge in [0.15, 0.2) is 5.69 Å². The second-order valence-corrected chi connectivity index (χ2v) is 7.11. The van der Waals surface area contributed by atoms with Crippen LogP contribution in [-0.2, 0) is 0 Å². The first-order valence-electron chi connectivity index (χ1n) is 8.81. The number of carbonyl (C=O) groups is 1. The summed E-state index contributed by atoms with van der Waals surface area (Å²) in [4.78, 5) is 14.9. The fourth-order valence-electron chi connectivity index (χ4n) is 3.89. The molecule has 0 atom stereocenters. The molecular formula is C17H25N3O2. The third-order valence-electron chi connectivity index (χ3n) is 5.45. The largest absolute Gasteiger partial charge is 0.360 e. The number of carbonyl (C=O) groups excluding carboxylic acids is 1. The SMILES string of the molecule is O=C(NC1CCN(C2CCCC2)CC1)c1cc(C2CC2)on1. The minimum Gasteiger partial charge on any atom is -0.360 e. The number of nitrogens with zero attached hydrogens (tertiary/aromatic N) is 2. The van der Waals surface area contributed by atoms with Crippen LogP contribution in [0.25, 0.3) is 0 Å². The number of nitrogens with one attached hydrogen (secondary N) is 1. The van der Waals surface area contributed by atoms with Crippen LogP contribution in [0, 0.1) is 0 Å². The van der Waals surface area contributed by atoms with E-state index in [-0.39, 0.29) is 11.9 Å². The zero-order valence-corrected chi connectivity index (χ0v) is 13.1. The zero-order valence-electron chi connectivity index (χ0n) is 13.1. The molecule has 1 amide bonds. The van der Waals surface area contributed by atoms with Crippen LogP contribution in [0.2, 0.25) is 0 Å². The average Bonchev–Trinajstić information content (AvgIpc) is 3.05. The summed E-state index contributed by atoms with van der Waals surface area (Å²) in [5.41, 5.74) is 0.445. The maximum atomic E-state index is 12.3. The van der Waals surface area contributed by atoms with Crippen molar-refractivity contribution in [2.45, 2.75) is 69.4 Å². The van der Waals surface area contributed by atoms with Gasteiger partial charge in [0.2, 0.25) is 0 Å². The number of amides is 1. The van der Waals surface area contributed by atoms with E-state index in [1.54, 1.807) is 0 Å². The van der Waals surface area contributed by atoms with Crippen LogP contribution in [0.1, 0.15) is 73.5 Å². The molecule has 0 aromatic carbocycles. The average molecular weight is 303 g/mol. The zero-order chi connectivity index (χ0) is 14.9. The van der Waals surface area contributed by atoms with Crippen LogP contribution in [0.15, 0.2) is 10.6 Å². The van der Waals surface area contributed by atoms with E-state index < -0.39 is 0 Å². The molecule has 1 aromatic rings. The van der Waals surface area contributed by atoms with Gasteiger partial charge in [-0.1, -0.05) is 18.0 Å². The second kappa shape index (κ2) is 6.03. The third kappa shape index (κ3) is 3.05. The molecule has 1 N–H and O–H groups in total. The molecule has 5 nitrogen and oxygen atoms in total. The van der Waals surface area contributed by atoms with E-state index in [4.69, 9.17) is 4.52 Å². The first-order valence-corrected chi connectivity index (χ1v) is 8.81. The Bertz CT molecular complexity index is 524. The van der Waals surface area contributed by atoms with Gasteiger partial charge in [0.25, 0.3) is 5.91 Å². The van der Waals surface area contributed by atoms with E-state index in [0.717, 1.165) is 50.6 Å². The van der Waals surface area contributed by atoms with Crippen molar-refractivity contribution in [1.29, 1.82) is 0 Å². The van der Waals surface area contributed by atoms with Crippen molar-refractivity contribution >= 4 is 5.91 Å². The van der Waals surface area contributed by atoms with Gasteiger partial charge in [0, 0.05) is 37.2 Å². The molecule has 2 heterocycles. The van der Waals surface area contributed by atoms with Gasteiger partial charge in [-0.3, -0.25) is 4.79 Å². The van der Waals surface area contributed by atoms with Gasteiger partial charge in [-0.25, -0.2) is 0 Å². The third-order valence-corrected chi connectivity index (χ3v) is 5.45. The van der Waals surface area contributed by atoms with E-state index >= 15 is 0 Å². The Morgan fingerprint density at radius 2 is 1.86 bits per heavy atom. The summed E-state index contributed by atoms with van der Waals surface area (Å²) in [6, 6.07) is 2.90. The van der Waals surface area contributed by atoms with E-state index in [2.05, 4.69) is 15.4 Å². The molecule has 3 fully saturated rings. The Balaban J connectivity index is 1.27. The highest BCUT2D eigenvalue weighted by Gasteiger charge is 2.30. The molecule has 4 rings (SSSR count). The first kappa shape index (κ1) is 14.2. The number of rotatable bonds is 4. The summed E-state index contributed by atoms with van der Waals surface area (Å²) >= 11 is 0. The number of likely N-dealkylation sites (tertiary alicyclic amines) is 1. The van der Waals surface area contributed by atoms with Crippen LogP contribution >= 0.6 is 0 Å². The molecule has 1 aliphatic heterocycles. The predicted molar refractivity (Wildman–Crippen MR) is 82.8 cm³/mol. The molecule has 5 heteroatoms. The molecule has 0 radical (unpaired) electrons. The lowest BCUT2D eigenvalue weighted by Gasteiger charge is -2.36. The minimum absolute atomic E-state index is 0.0741. The van der Waals surface area contributed by atoms with Gasteiger partial charge in [-0.15, -0.1) is 0 Å². The lowest BCUT2D eigenvalue weighted by Crippen LogP contribution is -2.47. The maximum Gasteiger partial charge on any atom is 0.273 e. The van der Waals surface area contributed by atoms with Crippen molar-refractivity contribution in [1.82, 2.24) is 15.4 Å². The highest BCUT2D eigenvalue weighted by atomic mass is 16.5. The van der Waals surface area contributed by atoms with Gasteiger partial charge < -0.3 is 14.7 Å². The highest BCUT2D eigenvalue weighted by molar-refractivity contribution is 5.92. The molecule has 0 bridgehead atoms. The Labute approximate surface area is 131 Å². The maximum absolute atomic E-state index is 12.3. The van der Waals surface area contributed by atoms with Crippen LogP contribution in [0.4, 0.5) is 0 Å². The lowest BCUT2D eigenvalue weighted by molar-refractivity contribution is 0.0883. The van der Waals surface area contributed by atoms with Crippen molar-refractivity contribution in [3.63, 3.8) is 0 Å². The highest BCUT2D eigenvalue weighted by Crippen LogP contribution is 2.40.